The molecule has 2 heterocycles. The Kier molecular flexibility index (Phi) is 3.51. The zero-order valence-electron chi connectivity index (χ0n) is 10.3. The van der Waals surface area contributed by atoms with E-state index in [1.165, 1.54) is 0 Å². The molecule has 0 atom stereocenters. The number of hydrogen-bond acceptors (Lipinski definition) is 3. The van der Waals surface area contributed by atoms with Crippen molar-refractivity contribution >= 4 is 34.8 Å². The Balaban J connectivity index is 1.99. The van der Waals surface area contributed by atoms with E-state index >= 15 is 0 Å². The quantitative estimate of drug-likeness (QED) is 0.799. The molecule has 4 nitrogen and oxygen atoms in total. The molecule has 1 aromatic carbocycles. The number of hydrogen-bond donors (Lipinski definition) is 0. The van der Waals surface area contributed by atoms with Gasteiger partial charge in [-0.15, -0.1) is 0 Å². The molecular formula is C14H10Cl2N2O2. The summed E-state index contributed by atoms with van der Waals surface area (Å²) in [5, 5.41) is 0.930. The van der Waals surface area contributed by atoms with Gasteiger partial charge in [-0.2, -0.15) is 0 Å². The third-order valence-electron chi connectivity index (χ3n) is 3.03. The van der Waals surface area contributed by atoms with Gasteiger partial charge >= 0.3 is 0 Å². The maximum Gasteiger partial charge on any atom is 0.265 e. The van der Waals surface area contributed by atoms with Gasteiger partial charge in [0, 0.05) is 16.8 Å². The average Bonchev–Trinajstić information content (AvgIpc) is 2.44. The predicted octanol–water partition coefficient (Wildman–Crippen LogP) is 3.31. The molecule has 1 aliphatic rings. The summed E-state index contributed by atoms with van der Waals surface area (Å²) < 4.78 is 5.39. The summed E-state index contributed by atoms with van der Waals surface area (Å²) >= 11 is 12.0. The van der Waals surface area contributed by atoms with Crippen molar-refractivity contribution in [2.75, 3.05) is 11.5 Å². The van der Waals surface area contributed by atoms with E-state index < -0.39 is 0 Å². The molecular weight excluding hydrogens is 299 g/mol. The Bertz CT molecular complexity index is 676. The highest BCUT2D eigenvalue weighted by Gasteiger charge is 2.26. The molecule has 0 saturated carbocycles. The minimum absolute atomic E-state index is 0.00646. The molecule has 2 aromatic rings. The van der Waals surface area contributed by atoms with Crippen LogP contribution < -0.4 is 9.64 Å². The molecule has 102 valence electrons. The van der Waals surface area contributed by atoms with E-state index in [0.29, 0.717) is 28.2 Å². The lowest BCUT2D eigenvalue weighted by Crippen LogP contribution is -2.38. The molecule has 20 heavy (non-hydrogen) atoms. The van der Waals surface area contributed by atoms with Gasteiger partial charge in [0.2, 0.25) is 0 Å². The Morgan fingerprint density at radius 2 is 2.15 bits per heavy atom. The van der Waals surface area contributed by atoms with Crippen molar-refractivity contribution in [3.63, 3.8) is 0 Å². The number of nitrogens with zero attached hydrogens (tertiary/aromatic N) is 2. The van der Waals surface area contributed by atoms with Gasteiger partial charge in [0.05, 0.1) is 12.2 Å². The highest BCUT2D eigenvalue weighted by molar-refractivity contribution is 6.31. The summed E-state index contributed by atoms with van der Waals surface area (Å²) in [5.74, 6) is 0.494. The SMILES string of the molecule is O=C1COc2ccc(Cl)cc2N1Cc1cccnc1Cl. The lowest BCUT2D eigenvalue weighted by Gasteiger charge is -2.29. The van der Waals surface area contributed by atoms with Crippen LogP contribution >= 0.6 is 23.2 Å². The zero-order chi connectivity index (χ0) is 14.1. The van der Waals surface area contributed by atoms with Crippen LogP contribution in [-0.4, -0.2) is 17.5 Å². The van der Waals surface area contributed by atoms with Crippen LogP contribution in [0.3, 0.4) is 0 Å². The van der Waals surface area contributed by atoms with Crippen LogP contribution in [0, 0.1) is 0 Å². The van der Waals surface area contributed by atoms with Crippen LogP contribution in [-0.2, 0) is 11.3 Å². The highest BCUT2D eigenvalue weighted by Crippen LogP contribution is 2.35. The second-order valence-corrected chi connectivity index (χ2v) is 5.13. The topological polar surface area (TPSA) is 42.4 Å². The number of pyridine rings is 1. The molecule has 0 spiro atoms. The molecule has 3 rings (SSSR count). The molecule has 0 N–H and O–H groups in total. The summed E-state index contributed by atoms with van der Waals surface area (Å²) in [6.07, 6.45) is 1.61. The van der Waals surface area contributed by atoms with Crippen molar-refractivity contribution < 1.29 is 9.53 Å². The fraction of sp³-hybridized carbons (Fsp3) is 0.143. The number of rotatable bonds is 2. The Hall–Kier alpha value is -1.78. The average molecular weight is 309 g/mol. The number of carbonyl (C=O) groups excluding carboxylic acids is 1. The van der Waals surface area contributed by atoms with Gasteiger partial charge < -0.3 is 9.64 Å². The molecule has 0 unspecified atom stereocenters. The normalized spacial score (nSPS) is 13.9. The summed E-state index contributed by atoms with van der Waals surface area (Å²) in [5.41, 5.74) is 1.42. The molecule has 0 radical (unpaired) electrons. The first-order valence-corrected chi connectivity index (χ1v) is 6.73. The first kappa shape index (κ1) is 13.2. The van der Waals surface area contributed by atoms with Gasteiger partial charge in [0.15, 0.2) is 6.61 Å². The fourth-order valence-corrected chi connectivity index (χ4v) is 2.40. The fourth-order valence-electron chi connectivity index (χ4n) is 2.06. The minimum Gasteiger partial charge on any atom is -0.482 e. The first-order chi connectivity index (χ1) is 9.65. The largest absolute Gasteiger partial charge is 0.482 e. The summed E-state index contributed by atoms with van der Waals surface area (Å²) in [6, 6.07) is 8.80. The zero-order valence-corrected chi connectivity index (χ0v) is 11.9. The number of amides is 1. The standard InChI is InChI=1S/C14H10Cl2N2O2/c15-10-3-4-12-11(6-10)18(13(19)8-20-12)7-9-2-1-5-17-14(9)16/h1-6H,7-8H2. The number of halogens is 2. The van der Waals surface area contributed by atoms with Gasteiger partial charge in [0.25, 0.3) is 5.91 Å². The third-order valence-corrected chi connectivity index (χ3v) is 3.60. The van der Waals surface area contributed by atoms with Crippen molar-refractivity contribution in [3.05, 3.63) is 52.3 Å². The monoisotopic (exact) mass is 308 g/mol. The Morgan fingerprint density at radius 1 is 1.30 bits per heavy atom. The second-order valence-electron chi connectivity index (χ2n) is 4.33. The van der Waals surface area contributed by atoms with E-state index in [-0.39, 0.29) is 12.5 Å². The van der Waals surface area contributed by atoms with E-state index in [2.05, 4.69) is 4.98 Å². The van der Waals surface area contributed by atoms with Crippen molar-refractivity contribution in [2.45, 2.75) is 6.54 Å². The number of fused-ring (bicyclic) bond motifs is 1. The second kappa shape index (κ2) is 5.31. The molecule has 1 aromatic heterocycles. The van der Waals surface area contributed by atoms with Gasteiger partial charge in [-0.3, -0.25) is 4.79 Å². The number of benzene rings is 1. The van der Waals surface area contributed by atoms with E-state index in [1.54, 1.807) is 35.4 Å². The van der Waals surface area contributed by atoms with E-state index in [9.17, 15) is 4.79 Å². The van der Waals surface area contributed by atoms with E-state index in [1.807, 2.05) is 6.07 Å². The van der Waals surface area contributed by atoms with Gasteiger partial charge in [-0.25, -0.2) is 4.98 Å². The van der Waals surface area contributed by atoms with E-state index in [0.717, 1.165) is 5.56 Å². The van der Waals surface area contributed by atoms with Gasteiger partial charge in [-0.1, -0.05) is 29.3 Å². The molecule has 1 aliphatic heterocycles. The number of carbonyl (C=O) groups is 1. The molecule has 6 heteroatoms. The van der Waals surface area contributed by atoms with Crippen LogP contribution in [0.1, 0.15) is 5.56 Å². The molecule has 0 aliphatic carbocycles. The highest BCUT2D eigenvalue weighted by atomic mass is 35.5. The summed E-state index contributed by atoms with van der Waals surface area (Å²) in [4.78, 5) is 17.7. The van der Waals surface area contributed by atoms with Crippen molar-refractivity contribution in [3.8, 4) is 5.75 Å². The predicted molar refractivity (Wildman–Crippen MR) is 77.4 cm³/mol. The minimum atomic E-state index is -0.139. The number of ether oxygens (including phenoxy) is 1. The van der Waals surface area contributed by atoms with Crippen molar-refractivity contribution in [1.82, 2.24) is 4.98 Å². The van der Waals surface area contributed by atoms with Gasteiger partial charge in [0.1, 0.15) is 10.9 Å². The van der Waals surface area contributed by atoms with E-state index in [4.69, 9.17) is 27.9 Å². The van der Waals surface area contributed by atoms with Crippen LogP contribution in [0.15, 0.2) is 36.5 Å². The summed E-state index contributed by atoms with van der Waals surface area (Å²) in [7, 11) is 0. The van der Waals surface area contributed by atoms with Crippen LogP contribution in [0.25, 0.3) is 0 Å². The lowest BCUT2D eigenvalue weighted by atomic mass is 10.2. The van der Waals surface area contributed by atoms with Crippen molar-refractivity contribution in [1.29, 1.82) is 0 Å². The molecule has 1 amide bonds. The number of aromatic nitrogens is 1. The maximum absolute atomic E-state index is 12.1. The van der Waals surface area contributed by atoms with Crippen molar-refractivity contribution in [2.24, 2.45) is 0 Å². The third kappa shape index (κ3) is 2.44. The smallest absolute Gasteiger partial charge is 0.265 e. The molecule has 0 saturated heterocycles. The first-order valence-electron chi connectivity index (χ1n) is 5.97. The molecule has 0 fully saturated rings. The maximum atomic E-state index is 12.1. The van der Waals surface area contributed by atoms with Crippen LogP contribution in [0.4, 0.5) is 5.69 Å². The summed E-state index contributed by atoms with van der Waals surface area (Å²) in [6.45, 7) is 0.342. The Morgan fingerprint density at radius 3 is 2.95 bits per heavy atom. The molecule has 0 bridgehead atoms. The number of anilines is 1. The van der Waals surface area contributed by atoms with Crippen LogP contribution in [0.2, 0.25) is 10.2 Å². The Labute approximate surface area is 125 Å². The lowest BCUT2D eigenvalue weighted by molar-refractivity contribution is -0.121. The van der Waals surface area contributed by atoms with Crippen LogP contribution in [0.5, 0.6) is 5.75 Å². The van der Waals surface area contributed by atoms with Gasteiger partial charge in [-0.05, 0) is 24.3 Å².